The zero-order chi connectivity index (χ0) is 19.1. The van der Waals surface area contributed by atoms with E-state index in [1.165, 1.54) is 6.20 Å². The molecule has 2 bridgehead atoms. The van der Waals surface area contributed by atoms with Crippen molar-refractivity contribution in [3.05, 3.63) is 36.8 Å². The van der Waals surface area contributed by atoms with E-state index in [2.05, 4.69) is 25.5 Å². The van der Waals surface area contributed by atoms with Crippen molar-refractivity contribution in [1.29, 1.82) is 0 Å². The van der Waals surface area contributed by atoms with Gasteiger partial charge in [0.2, 0.25) is 0 Å². The summed E-state index contributed by atoms with van der Waals surface area (Å²) in [5, 5.41) is 23.5. The summed E-state index contributed by atoms with van der Waals surface area (Å²) in [5.41, 5.74) is 0.470. The van der Waals surface area contributed by atoms with Crippen molar-refractivity contribution in [3.63, 3.8) is 0 Å². The number of rotatable bonds is 3. The highest BCUT2D eigenvalue weighted by Crippen LogP contribution is 2.32. The van der Waals surface area contributed by atoms with Gasteiger partial charge in [0.15, 0.2) is 12.0 Å². The highest BCUT2D eigenvalue weighted by molar-refractivity contribution is 5.88. The van der Waals surface area contributed by atoms with Crippen LogP contribution in [0.1, 0.15) is 25.7 Å². The maximum Gasteiger partial charge on any atom is 0.252 e. The Kier molecular flexibility index (Phi) is 4.27. The molecule has 0 amide bonds. The molecule has 2 saturated heterocycles. The van der Waals surface area contributed by atoms with Crippen molar-refractivity contribution in [3.8, 4) is 23.0 Å². The number of nitrogens with zero attached hydrogens (tertiary/aromatic N) is 4. The lowest BCUT2D eigenvalue weighted by atomic mass is 9.84. The number of nitrogens with one attached hydrogen (secondary N) is 1. The van der Waals surface area contributed by atoms with Gasteiger partial charge in [0.25, 0.3) is 5.88 Å². The second kappa shape index (κ2) is 6.94. The van der Waals surface area contributed by atoms with Crippen LogP contribution in [0, 0.1) is 0 Å². The topological polar surface area (TPSA) is 93.1 Å². The Morgan fingerprint density at radius 3 is 2.93 bits per heavy atom. The molecule has 2 aromatic heterocycles. The summed E-state index contributed by atoms with van der Waals surface area (Å²) < 4.78 is 20.4. The highest BCUT2D eigenvalue weighted by atomic mass is 19.1. The number of alkyl halides is 1. The molecular formula is C20H20FN5O2. The van der Waals surface area contributed by atoms with E-state index in [9.17, 15) is 9.50 Å². The Balaban J connectivity index is 1.37. The normalized spacial score (nSPS) is 26.9. The molecule has 3 aromatic rings. The fourth-order valence-electron chi connectivity index (χ4n) is 4.17. The molecule has 0 radical (unpaired) electrons. The predicted octanol–water partition coefficient (Wildman–Crippen LogP) is 2.79. The smallest absolute Gasteiger partial charge is 0.252 e. The van der Waals surface area contributed by atoms with E-state index in [1.54, 1.807) is 24.5 Å². The van der Waals surface area contributed by atoms with Crippen LogP contribution in [-0.2, 0) is 0 Å². The van der Waals surface area contributed by atoms with Crippen LogP contribution in [0.3, 0.4) is 0 Å². The van der Waals surface area contributed by atoms with Crippen molar-refractivity contribution >= 4 is 10.8 Å². The molecule has 8 heteroatoms. The first kappa shape index (κ1) is 17.2. The molecule has 0 unspecified atom stereocenters. The van der Waals surface area contributed by atoms with Gasteiger partial charge in [-0.15, -0.1) is 10.2 Å². The number of pyridine rings is 1. The van der Waals surface area contributed by atoms with Gasteiger partial charge in [-0.25, -0.2) is 9.37 Å². The third-order valence-corrected chi connectivity index (χ3v) is 5.58. The number of hydrogen-bond acceptors (Lipinski definition) is 7. The number of piperidine rings is 2. The second-order valence-corrected chi connectivity index (χ2v) is 7.45. The lowest BCUT2D eigenvalue weighted by Gasteiger charge is -2.42. The molecule has 1 aromatic carbocycles. The van der Waals surface area contributed by atoms with E-state index in [4.69, 9.17) is 4.74 Å². The van der Waals surface area contributed by atoms with Gasteiger partial charge in [-0.2, -0.15) is 0 Å². The largest absolute Gasteiger partial charge is 0.507 e. The Morgan fingerprint density at radius 1 is 1.14 bits per heavy atom. The van der Waals surface area contributed by atoms with Crippen molar-refractivity contribution in [2.75, 3.05) is 0 Å². The van der Waals surface area contributed by atoms with Crippen LogP contribution in [0.4, 0.5) is 4.39 Å². The number of ether oxygens (including phenoxy) is 1. The zero-order valence-electron chi connectivity index (χ0n) is 15.1. The summed E-state index contributed by atoms with van der Waals surface area (Å²) in [6, 6.07) is 5.39. The number of aromatic nitrogens is 4. The maximum absolute atomic E-state index is 14.7. The number of phenolic OH excluding ortho intramolecular Hbond substituents is 1. The second-order valence-electron chi connectivity index (χ2n) is 7.45. The molecule has 7 nitrogen and oxygen atoms in total. The standard InChI is InChI=1S/C20H20FN5O2/c21-19-15-3-1-2-13(24-15)8-17(19)28-18-10-23-20(26-25-18)14-6-11-4-5-22-9-12(11)7-16(14)27/h4-7,9-10,13,15,17,19,24,27H,1-3,8H2/t13-,15+,17-,19-/m1/s1. The molecule has 2 aliphatic heterocycles. The number of fused-ring (bicyclic) bond motifs is 3. The van der Waals surface area contributed by atoms with Crippen LogP contribution in [0.5, 0.6) is 11.6 Å². The number of phenols is 1. The minimum Gasteiger partial charge on any atom is -0.507 e. The van der Waals surface area contributed by atoms with E-state index in [-0.39, 0.29) is 23.5 Å². The Bertz CT molecular complexity index is 1000. The van der Waals surface area contributed by atoms with Crippen LogP contribution in [-0.4, -0.2) is 49.6 Å². The molecule has 4 atom stereocenters. The first-order valence-electron chi connectivity index (χ1n) is 9.51. The van der Waals surface area contributed by atoms with Crippen LogP contribution < -0.4 is 10.1 Å². The molecule has 28 heavy (non-hydrogen) atoms. The van der Waals surface area contributed by atoms with E-state index < -0.39 is 12.3 Å². The van der Waals surface area contributed by atoms with Crippen molar-refractivity contribution in [2.24, 2.45) is 0 Å². The van der Waals surface area contributed by atoms with E-state index >= 15 is 0 Å². The van der Waals surface area contributed by atoms with Gasteiger partial charge < -0.3 is 15.2 Å². The number of hydrogen-bond donors (Lipinski definition) is 2. The molecule has 2 fully saturated rings. The lowest BCUT2D eigenvalue weighted by Crippen LogP contribution is -2.59. The van der Waals surface area contributed by atoms with Gasteiger partial charge in [-0.05, 0) is 36.4 Å². The molecule has 0 saturated carbocycles. The van der Waals surface area contributed by atoms with E-state index in [0.29, 0.717) is 18.0 Å². The first-order chi connectivity index (χ1) is 13.7. The molecule has 5 rings (SSSR count). The zero-order valence-corrected chi connectivity index (χ0v) is 15.1. The van der Waals surface area contributed by atoms with Gasteiger partial charge >= 0.3 is 0 Å². The monoisotopic (exact) mass is 381 g/mol. The summed E-state index contributed by atoms with van der Waals surface area (Å²) in [6.45, 7) is 0. The first-order valence-corrected chi connectivity index (χ1v) is 9.51. The summed E-state index contributed by atoms with van der Waals surface area (Å²) in [5.74, 6) is 0.523. The predicted molar refractivity (Wildman–Crippen MR) is 101 cm³/mol. The molecule has 0 aliphatic carbocycles. The van der Waals surface area contributed by atoms with Crippen LogP contribution in [0.2, 0.25) is 0 Å². The van der Waals surface area contributed by atoms with E-state index in [1.807, 2.05) is 6.07 Å². The molecule has 2 aliphatic rings. The summed E-state index contributed by atoms with van der Waals surface area (Å²) in [4.78, 5) is 8.31. The Morgan fingerprint density at radius 2 is 2.07 bits per heavy atom. The van der Waals surface area contributed by atoms with Crippen LogP contribution in [0.15, 0.2) is 36.8 Å². The van der Waals surface area contributed by atoms with Gasteiger partial charge in [-0.3, -0.25) is 4.98 Å². The van der Waals surface area contributed by atoms with Crippen molar-refractivity contribution < 1.29 is 14.2 Å². The van der Waals surface area contributed by atoms with Gasteiger partial charge in [0.05, 0.1) is 11.8 Å². The summed E-state index contributed by atoms with van der Waals surface area (Å²) >= 11 is 0. The molecule has 0 spiro atoms. The molecular weight excluding hydrogens is 361 g/mol. The molecule has 2 N–H and O–H groups in total. The van der Waals surface area contributed by atoms with Crippen molar-refractivity contribution in [2.45, 2.75) is 50.0 Å². The third kappa shape index (κ3) is 3.13. The fourth-order valence-corrected chi connectivity index (χ4v) is 4.17. The maximum atomic E-state index is 14.7. The quantitative estimate of drug-likeness (QED) is 0.721. The summed E-state index contributed by atoms with van der Waals surface area (Å²) in [7, 11) is 0. The third-order valence-electron chi connectivity index (χ3n) is 5.58. The van der Waals surface area contributed by atoms with Gasteiger partial charge in [0, 0.05) is 36.3 Å². The SMILES string of the molecule is Oc1cc2cnccc2cc1-c1ncc(O[C@@H]2C[C@H]3CCC[C@H](N3)[C@H]2F)nn1. The van der Waals surface area contributed by atoms with Crippen LogP contribution >= 0.6 is 0 Å². The number of halogens is 1. The highest BCUT2D eigenvalue weighted by Gasteiger charge is 2.41. The van der Waals surface area contributed by atoms with Crippen molar-refractivity contribution in [1.82, 2.24) is 25.5 Å². The molecule has 4 heterocycles. The fraction of sp³-hybridized carbons (Fsp3) is 0.400. The van der Waals surface area contributed by atoms with E-state index in [0.717, 1.165) is 30.0 Å². The van der Waals surface area contributed by atoms with Gasteiger partial charge in [-0.1, -0.05) is 6.42 Å². The van der Waals surface area contributed by atoms with Gasteiger partial charge in [0.1, 0.15) is 11.9 Å². The minimum atomic E-state index is -1.07. The Labute approximate surface area is 161 Å². The van der Waals surface area contributed by atoms with Crippen LogP contribution in [0.25, 0.3) is 22.2 Å². The Hall–Kier alpha value is -2.87. The number of aromatic hydroxyl groups is 1. The average Bonchev–Trinajstić information content (AvgIpc) is 2.72. The summed E-state index contributed by atoms with van der Waals surface area (Å²) in [6.07, 6.45) is 6.72. The lowest BCUT2D eigenvalue weighted by molar-refractivity contribution is 0.00628. The molecule has 144 valence electrons. The minimum absolute atomic E-state index is 0.0472. The number of benzene rings is 1. The average molecular weight is 381 g/mol.